The number of nitrogens with zero attached hydrogens (tertiary/aromatic N) is 4. The van der Waals surface area contributed by atoms with Crippen LogP contribution in [0.25, 0.3) is 0 Å². The number of hydrogen-bond donors (Lipinski definition) is 2. The Morgan fingerprint density at radius 1 is 1.15 bits per heavy atom. The highest BCUT2D eigenvalue weighted by molar-refractivity contribution is 7.99. The summed E-state index contributed by atoms with van der Waals surface area (Å²) in [5, 5.41) is 1.41. The van der Waals surface area contributed by atoms with E-state index in [1.807, 2.05) is 0 Å². The molecule has 1 aliphatic rings. The van der Waals surface area contributed by atoms with Gasteiger partial charge in [0.05, 0.1) is 0 Å². The average molecular weight is 296 g/mol. The van der Waals surface area contributed by atoms with E-state index in [0.29, 0.717) is 17.1 Å². The van der Waals surface area contributed by atoms with E-state index in [4.69, 9.17) is 5.84 Å². The lowest BCUT2D eigenvalue weighted by Gasteiger charge is -2.22. The molecule has 1 aromatic heterocycles. The summed E-state index contributed by atoms with van der Waals surface area (Å²) < 4.78 is 0. The fourth-order valence-corrected chi connectivity index (χ4v) is 3.58. The minimum Gasteiger partial charge on any atom is -0.341 e. The van der Waals surface area contributed by atoms with E-state index in [1.54, 1.807) is 11.8 Å². The van der Waals surface area contributed by atoms with E-state index in [0.717, 1.165) is 18.2 Å². The maximum atomic E-state index is 5.47. The summed E-state index contributed by atoms with van der Waals surface area (Å²) in [5.41, 5.74) is 2.55. The number of thioether (sulfide) groups is 1. The maximum Gasteiger partial charge on any atom is 0.242 e. The predicted molar refractivity (Wildman–Crippen MR) is 83.9 cm³/mol. The Kier molecular flexibility index (Phi) is 5.85. The van der Waals surface area contributed by atoms with Crippen molar-refractivity contribution in [1.29, 1.82) is 0 Å². The molecule has 1 aromatic rings. The zero-order chi connectivity index (χ0) is 14.4. The van der Waals surface area contributed by atoms with Gasteiger partial charge in [0.1, 0.15) is 0 Å². The molecule has 112 valence electrons. The van der Waals surface area contributed by atoms with Crippen LogP contribution in [0.4, 0.5) is 11.9 Å². The number of anilines is 2. The lowest BCUT2D eigenvalue weighted by atomic mass is 10.0. The second-order valence-corrected chi connectivity index (χ2v) is 6.20. The van der Waals surface area contributed by atoms with Gasteiger partial charge in [0.2, 0.25) is 11.9 Å². The molecule has 0 unspecified atom stereocenters. The zero-order valence-corrected chi connectivity index (χ0v) is 13.1. The Hall–Kier alpha value is -1.08. The molecule has 0 amide bonds. The van der Waals surface area contributed by atoms with Crippen LogP contribution in [-0.2, 0) is 0 Å². The van der Waals surface area contributed by atoms with Gasteiger partial charge in [-0.05, 0) is 26.7 Å². The Labute approximate surface area is 124 Å². The average Bonchev–Trinajstić information content (AvgIpc) is 2.49. The van der Waals surface area contributed by atoms with Crippen LogP contribution in [0, 0.1) is 0 Å². The molecule has 1 aliphatic carbocycles. The summed E-state index contributed by atoms with van der Waals surface area (Å²) in [6.07, 6.45) is 6.49. The molecule has 20 heavy (non-hydrogen) atoms. The first kappa shape index (κ1) is 15.3. The number of hydrogen-bond acceptors (Lipinski definition) is 7. The molecule has 1 fully saturated rings. The van der Waals surface area contributed by atoms with Gasteiger partial charge < -0.3 is 4.90 Å². The van der Waals surface area contributed by atoms with Crippen molar-refractivity contribution in [3.05, 3.63) is 0 Å². The normalized spacial score (nSPS) is 16.1. The molecule has 1 heterocycles. The van der Waals surface area contributed by atoms with E-state index in [-0.39, 0.29) is 0 Å². The van der Waals surface area contributed by atoms with E-state index < -0.39 is 0 Å². The van der Waals surface area contributed by atoms with Crippen LogP contribution in [0.1, 0.15) is 46.0 Å². The van der Waals surface area contributed by atoms with Crippen molar-refractivity contribution in [3.8, 4) is 0 Å². The highest BCUT2D eigenvalue weighted by Gasteiger charge is 2.18. The molecule has 0 saturated heterocycles. The van der Waals surface area contributed by atoms with Crippen LogP contribution >= 0.6 is 11.8 Å². The van der Waals surface area contributed by atoms with Crippen LogP contribution in [0.3, 0.4) is 0 Å². The summed E-state index contributed by atoms with van der Waals surface area (Å²) in [4.78, 5) is 15.4. The SMILES string of the molecule is CCN(CC)c1nc(NN)nc(SC2CCCCC2)n1. The Balaban J connectivity index is 2.16. The van der Waals surface area contributed by atoms with Crippen molar-refractivity contribution in [2.45, 2.75) is 56.4 Å². The molecule has 6 nitrogen and oxygen atoms in total. The Bertz CT molecular complexity index is 417. The first-order valence-corrected chi connectivity index (χ1v) is 8.29. The number of nitrogens with two attached hydrogens (primary N) is 1. The van der Waals surface area contributed by atoms with Crippen molar-refractivity contribution in [2.75, 3.05) is 23.4 Å². The first-order chi connectivity index (χ1) is 9.76. The lowest BCUT2D eigenvalue weighted by molar-refractivity contribution is 0.515. The van der Waals surface area contributed by atoms with Gasteiger partial charge in [-0.1, -0.05) is 31.0 Å². The van der Waals surface area contributed by atoms with Gasteiger partial charge in [-0.3, -0.25) is 5.43 Å². The van der Waals surface area contributed by atoms with Crippen LogP contribution in [-0.4, -0.2) is 33.3 Å². The summed E-state index contributed by atoms with van der Waals surface area (Å²) in [6.45, 7) is 5.93. The minimum atomic E-state index is 0.445. The highest BCUT2D eigenvalue weighted by Crippen LogP contribution is 2.32. The van der Waals surface area contributed by atoms with Gasteiger partial charge in [0.25, 0.3) is 0 Å². The van der Waals surface area contributed by atoms with Gasteiger partial charge in [-0.2, -0.15) is 15.0 Å². The Morgan fingerprint density at radius 3 is 2.45 bits per heavy atom. The van der Waals surface area contributed by atoms with Gasteiger partial charge >= 0.3 is 0 Å². The van der Waals surface area contributed by atoms with Crippen LogP contribution in [0.5, 0.6) is 0 Å². The third kappa shape index (κ3) is 3.96. The molecule has 0 bridgehead atoms. The zero-order valence-electron chi connectivity index (χ0n) is 12.3. The molecular weight excluding hydrogens is 272 g/mol. The van der Waals surface area contributed by atoms with Crippen LogP contribution in [0.2, 0.25) is 0 Å². The van der Waals surface area contributed by atoms with Gasteiger partial charge in [0.15, 0.2) is 5.16 Å². The van der Waals surface area contributed by atoms with Gasteiger partial charge in [0, 0.05) is 18.3 Å². The molecule has 0 atom stereocenters. The second-order valence-electron chi connectivity index (χ2n) is 4.94. The number of rotatable bonds is 6. The first-order valence-electron chi connectivity index (χ1n) is 7.41. The molecular formula is C13H24N6S. The summed E-state index contributed by atoms with van der Waals surface area (Å²) >= 11 is 1.76. The van der Waals surface area contributed by atoms with E-state index >= 15 is 0 Å². The predicted octanol–water partition coefficient (Wildman–Crippen LogP) is 2.43. The smallest absolute Gasteiger partial charge is 0.242 e. The third-order valence-electron chi connectivity index (χ3n) is 3.60. The molecule has 3 N–H and O–H groups in total. The monoisotopic (exact) mass is 296 g/mol. The molecule has 7 heteroatoms. The van der Waals surface area contributed by atoms with E-state index in [2.05, 4.69) is 39.1 Å². The number of nitrogen functional groups attached to an aromatic ring is 1. The van der Waals surface area contributed by atoms with E-state index in [9.17, 15) is 0 Å². The number of hydrazine groups is 1. The summed E-state index contributed by atoms with van der Waals surface area (Å²) in [5.74, 6) is 6.62. The maximum absolute atomic E-state index is 5.47. The number of nitrogens with one attached hydrogen (secondary N) is 1. The number of aromatic nitrogens is 3. The van der Waals surface area contributed by atoms with Crippen LogP contribution < -0.4 is 16.2 Å². The lowest BCUT2D eigenvalue weighted by Crippen LogP contribution is -2.26. The molecule has 0 radical (unpaired) electrons. The topological polar surface area (TPSA) is 80.0 Å². The highest BCUT2D eigenvalue weighted by atomic mass is 32.2. The molecule has 0 aromatic carbocycles. The van der Waals surface area contributed by atoms with Crippen molar-refractivity contribution >= 4 is 23.7 Å². The second kappa shape index (κ2) is 7.64. The third-order valence-corrected chi connectivity index (χ3v) is 4.80. The molecule has 2 rings (SSSR count). The van der Waals surface area contributed by atoms with Crippen molar-refractivity contribution < 1.29 is 0 Å². The molecule has 0 spiro atoms. The fourth-order valence-electron chi connectivity index (χ4n) is 2.44. The minimum absolute atomic E-state index is 0.445. The summed E-state index contributed by atoms with van der Waals surface area (Å²) in [7, 11) is 0. The molecule has 0 aliphatic heterocycles. The van der Waals surface area contributed by atoms with Crippen molar-refractivity contribution in [1.82, 2.24) is 15.0 Å². The quantitative estimate of drug-likeness (QED) is 0.616. The van der Waals surface area contributed by atoms with E-state index in [1.165, 1.54) is 32.1 Å². The van der Waals surface area contributed by atoms with Gasteiger partial charge in [-0.15, -0.1) is 0 Å². The van der Waals surface area contributed by atoms with Crippen molar-refractivity contribution in [2.24, 2.45) is 5.84 Å². The standard InChI is InChI=1S/C13H24N6S/c1-3-19(4-2)12-15-11(18-14)16-13(17-12)20-10-8-6-5-7-9-10/h10H,3-9,14H2,1-2H3,(H,15,16,17,18). The van der Waals surface area contributed by atoms with Crippen LogP contribution in [0.15, 0.2) is 5.16 Å². The largest absolute Gasteiger partial charge is 0.341 e. The molecule has 1 saturated carbocycles. The van der Waals surface area contributed by atoms with Crippen molar-refractivity contribution in [3.63, 3.8) is 0 Å². The summed E-state index contributed by atoms with van der Waals surface area (Å²) in [6, 6.07) is 0. The van der Waals surface area contributed by atoms with Gasteiger partial charge in [-0.25, -0.2) is 5.84 Å². The Morgan fingerprint density at radius 2 is 1.85 bits per heavy atom. The fraction of sp³-hybridized carbons (Fsp3) is 0.769.